The van der Waals surface area contributed by atoms with Crippen molar-refractivity contribution < 1.29 is 13.2 Å². The van der Waals surface area contributed by atoms with Crippen LogP contribution >= 0.6 is 0 Å². The van der Waals surface area contributed by atoms with E-state index in [1.807, 2.05) is 38.6 Å². The molecule has 1 aliphatic rings. The molecule has 4 nitrogen and oxygen atoms in total. The van der Waals surface area contributed by atoms with Crippen LogP contribution in [0.25, 0.3) is 16.8 Å². The quantitative estimate of drug-likeness (QED) is 0.272. The van der Waals surface area contributed by atoms with Gasteiger partial charge in [-0.1, -0.05) is 67.0 Å². The smallest absolute Gasteiger partial charge is 0.388 e. The molecule has 0 radical (unpaired) electrons. The van der Waals surface area contributed by atoms with E-state index in [-0.39, 0.29) is 0 Å². The zero-order valence-corrected chi connectivity index (χ0v) is 23.7. The molecule has 0 aliphatic carbocycles. The van der Waals surface area contributed by atoms with Crippen molar-refractivity contribution in [3.63, 3.8) is 0 Å². The molecule has 5 rings (SSSR count). The van der Waals surface area contributed by atoms with Gasteiger partial charge in [-0.15, -0.1) is 0 Å². The predicted octanol–water partition coefficient (Wildman–Crippen LogP) is 7.08. The van der Waals surface area contributed by atoms with Gasteiger partial charge in [0.05, 0.1) is 11.1 Å². The number of nitrogens with one attached hydrogen (secondary N) is 1. The maximum atomic E-state index is 13.1. The van der Waals surface area contributed by atoms with Gasteiger partial charge in [0.2, 0.25) is 0 Å². The lowest BCUT2D eigenvalue weighted by Gasteiger charge is -2.32. The molecule has 4 aromatic rings. The van der Waals surface area contributed by atoms with E-state index in [2.05, 4.69) is 75.8 Å². The molecular weight excluding hydrogens is 521 g/mol. The van der Waals surface area contributed by atoms with Crippen LogP contribution in [-0.4, -0.2) is 55.1 Å². The first kappa shape index (κ1) is 29.9. The molecule has 0 bridgehead atoms. The van der Waals surface area contributed by atoms with Crippen molar-refractivity contribution in [2.45, 2.75) is 19.6 Å². The monoisotopic (exact) mass is 556 g/mol. The van der Waals surface area contributed by atoms with Crippen LogP contribution in [0, 0.1) is 18.8 Å². The summed E-state index contributed by atoms with van der Waals surface area (Å²) in [5.41, 5.74) is 4.54. The van der Waals surface area contributed by atoms with Crippen LogP contribution in [0.15, 0.2) is 79.6 Å². The second kappa shape index (κ2) is 13.5. The van der Waals surface area contributed by atoms with Crippen LogP contribution in [0.3, 0.4) is 0 Å². The van der Waals surface area contributed by atoms with Crippen molar-refractivity contribution in [3.8, 4) is 11.8 Å². The van der Waals surface area contributed by atoms with Crippen LogP contribution in [0.1, 0.15) is 33.4 Å². The molecule has 0 saturated carbocycles. The van der Waals surface area contributed by atoms with Gasteiger partial charge in [-0.05, 0) is 48.9 Å². The highest BCUT2D eigenvalue weighted by molar-refractivity contribution is 5.87. The Hall–Kier alpha value is -4.12. The molecule has 1 aliphatic heterocycles. The number of aromatic nitrogens is 1. The van der Waals surface area contributed by atoms with Crippen molar-refractivity contribution in [3.05, 3.63) is 113 Å². The number of pyridine rings is 1. The highest BCUT2D eigenvalue weighted by atomic mass is 19.4. The molecule has 2 heterocycles. The Morgan fingerprint density at radius 1 is 0.951 bits per heavy atom. The van der Waals surface area contributed by atoms with Gasteiger partial charge in [-0.3, -0.25) is 9.88 Å². The molecule has 3 aromatic carbocycles. The summed E-state index contributed by atoms with van der Waals surface area (Å²) in [5, 5.41) is 5.40. The van der Waals surface area contributed by atoms with Gasteiger partial charge in [0.25, 0.3) is 0 Å². The van der Waals surface area contributed by atoms with Crippen LogP contribution < -0.4 is 5.32 Å². The Bertz CT molecular complexity index is 1550. The van der Waals surface area contributed by atoms with E-state index in [1.165, 1.54) is 17.7 Å². The van der Waals surface area contributed by atoms with Crippen molar-refractivity contribution in [2.24, 2.45) is 0 Å². The Morgan fingerprint density at radius 3 is 2.39 bits per heavy atom. The second-order valence-electron chi connectivity index (χ2n) is 10.1. The van der Waals surface area contributed by atoms with Gasteiger partial charge in [0, 0.05) is 74.2 Å². The second-order valence-corrected chi connectivity index (χ2v) is 10.1. The molecule has 0 unspecified atom stereocenters. The van der Waals surface area contributed by atoms with E-state index in [0.29, 0.717) is 17.7 Å². The molecule has 0 amide bonds. The molecule has 1 saturated heterocycles. The summed E-state index contributed by atoms with van der Waals surface area (Å²) in [5.74, 6) is 6.52. The Morgan fingerprint density at radius 2 is 1.68 bits per heavy atom. The number of nitrogens with zero attached hydrogens (tertiary/aromatic N) is 3. The molecule has 0 atom stereocenters. The van der Waals surface area contributed by atoms with Crippen molar-refractivity contribution >= 4 is 22.5 Å². The van der Waals surface area contributed by atoms with Crippen LogP contribution in [0.2, 0.25) is 0 Å². The number of alkyl halides is 3. The highest BCUT2D eigenvalue weighted by Crippen LogP contribution is 2.33. The summed E-state index contributed by atoms with van der Waals surface area (Å²) >= 11 is 0. The largest absolute Gasteiger partial charge is 0.416 e. The number of hydrogen-bond donors (Lipinski definition) is 1. The van der Waals surface area contributed by atoms with Gasteiger partial charge in [-0.2, -0.15) is 13.2 Å². The third kappa shape index (κ3) is 7.97. The zero-order chi connectivity index (χ0) is 29.4. The first-order valence-electron chi connectivity index (χ1n) is 13.5. The number of benzene rings is 3. The average molecular weight is 557 g/mol. The third-order valence-corrected chi connectivity index (χ3v) is 7.19. The van der Waals surface area contributed by atoms with Crippen molar-refractivity contribution in [1.82, 2.24) is 14.8 Å². The molecule has 7 heteroatoms. The average Bonchev–Trinajstić information content (AvgIpc) is 2.98. The Kier molecular flexibility index (Phi) is 9.82. The van der Waals surface area contributed by atoms with Gasteiger partial charge in [-0.25, -0.2) is 0 Å². The standard InChI is InChI=1S/C19H16N2.C15H19F3N2/c1-14-7-10-18(20-2)11-15(14)8-9-17-13-21-12-16-5-3-4-6-19(16)17;1-3-12-4-5-13(14(10-12)15(16,17)18)11-20-8-6-19(2)7-9-20/h3-7,10-13,20H,1-2H3;3-5,10H,1,6-9,11H2,2H3. The summed E-state index contributed by atoms with van der Waals surface area (Å²) in [6.45, 7) is 9.34. The number of fused-ring (bicyclic) bond motifs is 1. The molecule has 1 N–H and O–H groups in total. The molecule has 0 spiro atoms. The summed E-state index contributed by atoms with van der Waals surface area (Å²) in [6.07, 6.45) is 0.815. The SMILES string of the molecule is C=Cc1ccc(CN2CCN(C)CC2)c(C(F)(F)F)c1.CNc1ccc(C)c(C#Cc2cncc3ccccc23)c1. The lowest BCUT2D eigenvalue weighted by Crippen LogP contribution is -2.44. The van der Waals surface area contributed by atoms with Crippen LogP contribution in [-0.2, 0) is 12.7 Å². The highest BCUT2D eigenvalue weighted by Gasteiger charge is 2.34. The normalized spacial score (nSPS) is 14.0. The lowest BCUT2D eigenvalue weighted by atomic mass is 10.0. The Balaban J connectivity index is 0.000000189. The third-order valence-electron chi connectivity index (χ3n) is 7.19. The first-order chi connectivity index (χ1) is 19.7. The number of hydrogen-bond acceptors (Lipinski definition) is 4. The number of piperazine rings is 1. The number of rotatable bonds is 4. The first-order valence-corrected chi connectivity index (χ1v) is 13.5. The van der Waals surface area contributed by atoms with E-state index >= 15 is 0 Å². The Labute approximate surface area is 240 Å². The fourth-order valence-corrected chi connectivity index (χ4v) is 4.63. The fourth-order valence-electron chi connectivity index (χ4n) is 4.63. The minimum Gasteiger partial charge on any atom is -0.388 e. The van der Waals surface area contributed by atoms with Crippen molar-refractivity contribution in [1.29, 1.82) is 0 Å². The number of aryl methyl sites for hydroxylation is 1. The van der Waals surface area contributed by atoms with Crippen LogP contribution in [0.5, 0.6) is 0 Å². The minimum atomic E-state index is -4.32. The van der Waals surface area contributed by atoms with E-state index in [1.54, 1.807) is 12.1 Å². The molecule has 212 valence electrons. The molecule has 1 fully saturated rings. The number of anilines is 1. The molecule has 41 heavy (non-hydrogen) atoms. The van der Waals surface area contributed by atoms with Gasteiger partial charge in [0.1, 0.15) is 0 Å². The van der Waals surface area contributed by atoms with Gasteiger partial charge < -0.3 is 10.2 Å². The van der Waals surface area contributed by atoms with E-state index < -0.39 is 11.7 Å². The lowest BCUT2D eigenvalue weighted by molar-refractivity contribution is -0.138. The molecule has 1 aromatic heterocycles. The number of likely N-dealkylation sites (N-methyl/N-ethyl adjacent to an activating group) is 1. The zero-order valence-electron chi connectivity index (χ0n) is 23.7. The van der Waals surface area contributed by atoms with E-state index in [9.17, 15) is 13.2 Å². The maximum absolute atomic E-state index is 13.1. The number of halogens is 3. The maximum Gasteiger partial charge on any atom is 0.416 e. The van der Waals surface area contributed by atoms with E-state index in [0.717, 1.165) is 53.8 Å². The van der Waals surface area contributed by atoms with Crippen molar-refractivity contribution in [2.75, 3.05) is 45.6 Å². The van der Waals surface area contributed by atoms with Gasteiger partial charge >= 0.3 is 6.18 Å². The molecular formula is C34H35F3N4. The summed E-state index contributed by atoms with van der Waals surface area (Å²) in [6, 6.07) is 18.8. The van der Waals surface area contributed by atoms with Crippen LogP contribution in [0.4, 0.5) is 18.9 Å². The summed E-state index contributed by atoms with van der Waals surface area (Å²) < 4.78 is 39.4. The summed E-state index contributed by atoms with van der Waals surface area (Å²) in [7, 11) is 3.94. The van der Waals surface area contributed by atoms with Gasteiger partial charge in [0.15, 0.2) is 0 Å². The van der Waals surface area contributed by atoms with E-state index in [4.69, 9.17) is 0 Å². The minimum absolute atomic E-state index is 0.340. The summed E-state index contributed by atoms with van der Waals surface area (Å²) in [4.78, 5) is 8.52. The predicted molar refractivity (Wildman–Crippen MR) is 163 cm³/mol. The topological polar surface area (TPSA) is 31.4 Å². The fraction of sp³-hybridized carbons (Fsp3) is 0.265.